The lowest BCUT2D eigenvalue weighted by atomic mass is 9.97. The highest BCUT2D eigenvalue weighted by atomic mass is 16.5. The standard InChI is InChI=1S/C30H53NO3/c1-6-8-9-10-11-12-13-14-15-16-17-18-19-20-21-22-24-31-25-23-27(32)28(26(31)7-2)34-29(33)30(3,4)5/h23,25H,6-22,24H2,1-5H3. The molecule has 0 N–H and O–H groups in total. The van der Waals surface area contributed by atoms with Crippen molar-refractivity contribution in [1.29, 1.82) is 0 Å². The summed E-state index contributed by atoms with van der Waals surface area (Å²) in [5, 5.41) is 0. The van der Waals surface area contributed by atoms with E-state index in [9.17, 15) is 9.59 Å². The van der Waals surface area contributed by atoms with Crippen LogP contribution in [0.25, 0.3) is 0 Å². The molecule has 4 nitrogen and oxygen atoms in total. The van der Waals surface area contributed by atoms with Gasteiger partial charge >= 0.3 is 5.97 Å². The minimum absolute atomic E-state index is 0.210. The van der Waals surface area contributed by atoms with Crippen LogP contribution in [0.5, 0.6) is 5.75 Å². The van der Waals surface area contributed by atoms with Crippen LogP contribution in [0, 0.1) is 5.41 Å². The van der Waals surface area contributed by atoms with E-state index >= 15 is 0 Å². The molecule has 0 aromatic carbocycles. The lowest BCUT2D eigenvalue weighted by molar-refractivity contribution is -0.143. The number of carbonyl (C=O) groups is 1. The van der Waals surface area contributed by atoms with Gasteiger partial charge in [-0.15, -0.1) is 0 Å². The average Bonchev–Trinajstić information content (AvgIpc) is 2.80. The van der Waals surface area contributed by atoms with Crippen molar-refractivity contribution in [3.8, 4) is 5.75 Å². The maximum absolute atomic E-state index is 12.3. The van der Waals surface area contributed by atoms with Gasteiger partial charge in [0, 0.05) is 18.8 Å². The lowest BCUT2D eigenvalue weighted by Gasteiger charge is -2.20. The average molecular weight is 476 g/mol. The number of unbranched alkanes of at least 4 members (excludes halogenated alkanes) is 15. The highest BCUT2D eigenvalue weighted by molar-refractivity contribution is 5.78. The van der Waals surface area contributed by atoms with Gasteiger partial charge in [-0.2, -0.15) is 0 Å². The summed E-state index contributed by atoms with van der Waals surface area (Å²) in [6.45, 7) is 10.6. The molecular weight excluding hydrogens is 422 g/mol. The Bertz CT molecular complexity index is 730. The highest BCUT2D eigenvalue weighted by Crippen LogP contribution is 2.21. The molecule has 0 aliphatic carbocycles. The fourth-order valence-corrected chi connectivity index (χ4v) is 4.35. The maximum atomic E-state index is 12.3. The molecule has 1 rings (SSSR count). The van der Waals surface area contributed by atoms with Crippen molar-refractivity contribution >= 4 is 5.97 Å². The van der Waals surface area contributed by atoms with Crippen molar-refractivity contribution < 1.29 is 9.53 Å². The first-order valence-corrected chi connectivity index (χ1v) is 14.3. The maximum Gasteiger partial charge on any atom is 0.316 e. The number of aromatic nitrogens is 1. The molecule has 0 spiro atoms. The molecule has 0 aliphatic heterocycles. The Kier molecular flexibility index (Phi) is 15.9. The van der Waals surface area contributed by atoms with Gasteiger partial charge in [-0.25, -0.2) is 0 Å². The zero-order chi connectivity index (χ0) is 25.2. The first-order valence-electron chi connectivity index (χ1n) is 14.3. The predicted octanol–water partition coefficient (Wildman–Crippen LogP) is 8.62. The van der Waals surface area contributed by atoms with Crippen LogP contribution >= 0.6 is 0 Å². The van der Waals surface area contributed by atoms with E-state index in [-0.39, 0.29) is 17.1 Å². The summed E-state index contributed by atoms with van der Waals surface area (Å²) in [7, 11) is 0. The smallest absolute Gasteiger partial charge is 0.316 e. The van der Waals surface area contributed by atoms with Gasteiger partial charge in [-0.3, -0.25) is 9.59 Å². The lowest BCUT2D eigenvalue weighted by Crippen LogP contribution is -2.29. The molecule has 196 valence electrons. The number of hydrogen-bond acceptors (Lipinski definition) is 3. The minimum atomic E-state index is -0.633. The van der Waals surface area contributed by atoms with Crippen LogP contribution in [0.2, 0.25) is 0 Å². The molecule has 4 heteroatoms. The minimum Gasteiger partial charge on any atom is -0.420 e. The third kappa shape index (κ3) is 12.8. The monoisotopic (exact) mass is 475 g/mol. The van der Waals surface area contributed by atoms with Crippen LogP contribution in [-0.2, 0) is 17.8 Å². The van der Waals surface area contributed by atoms with Gasteiger partial charge in [0.2, 0.25) is 5.43 Å². The summed E-state index contributed by atoms with van der Waals surface area (Å²) in [6.07, 6.45) is 24.2. The van der Waals surface area contributed by atoms with Crippen molar-refractivity contribution in [2.75, 3.05) is 0 Å². The summed E-state index contributed by atoms with van der Waals surface area (Å²) in [4.78, 5) is 24.7. The van der Waals surface area contributed by atoms with Gasteiger partial charge in [0.25, 0.3) is 0 Å². The largest absolute Gasteiger partial charge is 0.420 e. The second kappa shape index (κ2) is 17.8. The molecule has 0 amide bonds. The molecule has 1 aromatic heterocycles. The normalized spacial score (nSPS) is 11.7. The summed E-state index contributed by atoms with van der Waals surface area (Å²) in [6, 6.07) is 1.52. The fourth-order valence-electron chi connectivity index (χ4n) is 4.35. The van der Waals surface area contributed by atoms with Crippen LogP contribution in [0.1, 0.15) is 143 Å². The number of ether oxygens (including phenoxy) is 1. The molecule has 0 radical (unpaired) electrons. The molecular formula is C30H53NO3. The number of nitrogens with zero attached hydrogens (tertiary/aromatic N) is 1. The van der Waals surface area contributed by atoms with Gasteiger partial charge in [0.1, 0.15) is 0 Å². The van der Waals surface area contributed by atoms with Gasteiger partial charge in [0.15, 0.2) is 5.75 Å². The van der Waals surface area contributed by atoms with E-state index in [0.717, 1.165) is 18.7 Å². The van der Waals surface area contributed by atoms with E-state index in [4.69, 9.17) is 4.74 Å². The number of carbonyl (C=O) groups excluding carboxylic acids is 1. The van der Waals surface area contributed by atoms with E-state index < -0.39 is 5.41 Å². The predicted molar refractivity (Wildman–Crippen MR) is 145 cm³/mol. The van der Waals surface area contributed by atoms with E-state index in [1.807, 2.05) is 13.1 Å². The second-order valence-corrected chi connectivity index (χ2v) is 10.9. The quantitative estimate of drug-likeness (QED) is 0.149. The molecule has 1 aromatic rings. The summed E-state index contributed by atoms with van der Waals surface area (Å²) >= 11 is 0. The molecule has 34 heavy (non-hydrogen) atoms. The van der Waals surface area contributed by atoms with Crippen molar-refractivity contribution in [3.05, 3.63) is 28.2 Å². The van der Waals surface area contributed by atoms with E-state index in [1.54, 1.807) is 20.8 Å². The molecule has 0 aliphatic rings. The molecule has 0 saturated carbocycles. The Balaban J connectivity index is 2.19. The van der Waals surface area contributed by atoms with Gasteiger partial charge in [-0.1, -0.05) is 110 Å². The first kappa shape index (κ1) is 30.5. The van der Waals surface area contributed by atoms with E-state index in [2.05, 4.69) is 11.5 Å². The Morgan fingerprint density at radius 1 is 0.765 bits per heavy atom. The third-order valence-electron chi connectivity index (χ3n) is 6.63. The summed E-state index contributed by atoms with van der Waals surface area (Å²) in [5.74, 6) is -0.152. The Labute approximate surface area is 209 Å². The van der Waals surface area contributed by atoms with Gasteiger partial charge in [-0.05, 0) is 33.6 Å². The second-order valence-electron chi connectivity index (χ2n) is 10.9. The Hall–Kier alpha value is -1.58. The van der Waals surface area contributed by atoms with Crippen molar-refractivity contribution in [2.45, 2.75) is 150 Å². The third-order valence-corrected chi connectivity index (χ3v) is 6.63. The van der Waals surface area contributed by atoms with Crippen LogP contribution in [0.15, 0.2) is 17.1 Å². The molecule has 0 saturated heterocycles. The zero-order valence-electron chi connectivity index (χ0n) is 23.1. The number of pyridine rings is 1. The van der Waals surface area contributed by atoms with Gasteiger partial charge in [0.05, 0.1) is 11.1 Å². The molecule has 0 atom stereocenters. The summed E-state index contributed by atoms with van der Waals surface area (Å²) < 4.78 is 7.63. The first-order chi connectivity index (χ1) is 16.3. The molecule has 0 unspecified atom stereocenters. The number of hydrogen-bond donors (Lipinski definition) is 0. The fraction of sp³-hybridized carbons (Fsp3) is 0.800. The van der Waals surface area contributed by atoms with Crippen molar-refractivity contribution in [2.24, 2.45) is 5.41 Å². The zero-order valence-corrected chi connectivity index (χ0v) is 23.1. The summed E-state index contributed by atoms with van der Waals surface area (Å²) in [5.41, 5.74) is -0.0184. The number of rotatable bonds is 19. The van der Waals surface area contributed by atoms with E-state index in [0.29, 0.717) is 6.42 Å². The van der Waals surface area contributed by atoms with Crippen LogP contribution < -0.4 is 10.2 Å². The van der Waals surface area contributed by atoms with Crippen LogP contribution in [0.4, 0.5) is 0 Å². The number of esters is 1. The highest BCUT2D eigenvalue weighted by Gasteiger charge is 2.26. The molecule has 1 heterocycles. The van der Waals surface area contributed by atoms with Gasteiger partial charge < -0.3 is 9.30 Å². The van der Waals surface area contributed by atoms with Crippen LogP contribution in [-0.4, -0.2) is 10.5 Å². The molecule has 0 fully saturated rings. The Morgan fingerprint density at radius 3 is 1.62 bits per heavy atom. The van der Waals surface area contributed by atoms with Crippen LogP contribution in [0.3, 0.4) is 0 Å². The number of aryl methyl sites for hydroxylation is 1. The Morgan fingerprint density at radius 2 is 1.21 bits per heavy atom. The van der Waals surface area contributed by atoms with E-state index in [1.165, 1.54) is 102 Å². The van der Waals surface area contributed by atoms with Crippen molar-refractivity contribution in [1.82, 2.24) is 4.57 Å². The molecule has 0 bridgehead atoms. The SMILES string of the molecule is CCCCCCCCCCCCCCCCCCn1ccc(=O)c(OC(=O)C(C)(C)C)c1CC. The topological polar surface area (TPSA) is 48.3 Å². The van der Waals surface area contributed by atoms with Crippen molar-refractivity contribution in [3.63, 3.8) is 0 Å².